The van der Waals surface area contributed by atoms with Crippen LogP contribution in [0.1, 0.15) is 43.7 Å². The van der Waals surface area contributed by atoms with E-state index in [1.165, 1.54) is 4.90 Å². The summed E-state index contributed by atoms with van der Waals surface area (Å²) in [5.41, 5.74) is 6.64. The highest BCUT2D eigenvalue weighted by molar-refractivity contribution is 6.07. The fraction of sp³-hybridized carbons (Fsp3) is 0.500. The molecule has 21 heavy (non-hydrogen) atoms. The lowest BCUT2D eigenvalue weighted by Gasteiger charge is -2.33. The van der Waals surface area contributed by atoms with E-state index in [1.807, 2.05) is 13.8 Å². The van der Waals surface area contributed by atoms with Crippen molar-refractivity contribution in [2.45, 2.75) is 39.3 Å². The van der Waals surface area contributed by atoms with Gasteiger partial charge in [0.15, 0.2) is 0 Å². The molecule has 1 aliphatic heterocycles. The molecule has 1 aromatic rings. The lowest BCUT2D eigenvalue weighted by Crippen LogP contribution is -2.59. The summed E-state index contributed by atoms with van der Waals surface area (Å²) in [6, 6.07) is 0.994. The van der Waals surface area contributed by atoms with E-state index in [-0.39, 0.29) is 18.5 Å². The molecule has 2 heterocycles. The van der Waals surface area contributed by atoms with Crippen molar-refractivity contribution in [1.29, 1.82) is 0 Å². The van der Waals surface area contributed by atoms with E-state index in [0.717, 1.165) is 0 Å². The van der Waals surface area contributed by atoms with Crippen molar-refractivity contribution >= 4 is 23.4 Å². The second-order valence-corrected chi connectivity index (χ2v) is 5.43. The summed E-state index contributed by atoms with van der Waals surface area (Å²) in [7, 11) is 0. The van der Waals surface area contributed by atoms with E-state index in [4.69, 9.17) is 5.73 Å². The zero-order valence-electron chi connectivity index (χ0n) is 12.4. The summed E-state index contributed by atoms with van der Waals surface area (Å²) < 4.78 is 1.75. The molecule has 7 nitrogen and oxygen atoms in total. The number of nitrogens with zero attached hydrogens (tertiary/aromatic N) is 2. The molecule has 1 aliphatic rings. The van der Waals surface area contributed by atoms with Crippen LogP contribution in [0.15, 0.2) is 12.3 Å². The molecule has 3 amide bonds. The molecule has 0 saturated carbocycles. The first-order chi connectivity index (χ1) is 9.85. The molecule has 1 aromatic heterocycles. The zero-order valence-corrected chi connectivity index (χ0v) is 12.4. The molecule has 1 saturated heterocycles. The Morgan fingerprint density at radius 3 is 2.71 bits per heavy atom. The largest absolute Gasteiger partial charge is 0.397 e. The van der Waals surface area contributed by atoms with Gasteiger partial charge in [-0.1, -0.05) is 6.92 Å². The minimum atomic E-state index is -0.632. The minimum absolute atomic E-state index is 0.0515. The van der Waals surface area contributed by atoms with Crippen molar-refractivity contribution < 1.29 is 14.4 Å². The Morgan fingerprint density at radius 1 is 1.48 bits per heavy atom. The third kappa shape index (κ3) is 2.76. The van der Waals surface area contributed by atoms with E-state index in [2.05, 4.69) is 5.32 Å². The number of rotatable bonds is 3. The van der Waals surface area contributed by atoms with Gasteiger partial charge in [-0.3, -0.25) is 19.7 Å². The third-order valence-corrected chi connectivity index (χ3v) is 3.55. The van der Waals surface area contributed by atoms with Gasteiger partial charge in [-0.25, -0.2) is 0 Å². The molecule has 1 unspecified atom stereocenters. The number of carbonyl (C=O) groups is 3. The Labute approximate surface area is 123 Å². The maximum Gasteiger partial charge on any atom is 0.271 e. The van der Waals surface area contributed by atoms with Crippen molar-refractivity contribution in [2.75, 3.05) is 12.3 Å². The Balaban J connectivity index is 2.38. The number of carbonyl (C=O) groups excluding carboxylic acids is 3. The fourth-order valence-electron chi connectivity index (χ4n) is 2.53. The van der Waals surface area contributed by atoms with Crippen LogP contribution in [-0.2, 0) is 9.59 Å². The predicted molar refractivity (Wildman–Crippen MR) is 77.5 cm³/mol. The Morgan fingerprint density at radius 2 is 2.14 bits per heavy atom. The molecule has 0 bridgehead atoms. The maximum absolute atomic E-state index is 12.7. The van der Waals surface area contributed by atoms with Crippen LogP contribution >= 0.6 is 0 Å². The first kappa shape index (κ1) is 15.1. The normalized spacial score (nSPS) is 19.0. The number of piperazine rings is 1. The molecule has 114 valence electrons. The Kier molecular flexibility index (Phi) is 4.02. The SMILES string of the molecule is CCC1C(=O)NC(=O)CN1C(=O)c1cc(N)cn1C(C)C. The first-order valence-electron chi connectivity index (χ1n) is 6.97. The van der Waals surface area contributed by atoms with Crippen LogP contribution in [0.3, 0.4) is 0 Å². The van der Waals surface area contributed by atoms with Crippen molar-refractivity contribution in [2.24, 2.45) is 0 Å². The number of anilines is 1. The van der Waals surface area contributed by atoms with Gasteiger partial charge in [-0.05, 0) is 26.3 Å². The molecule has 1 fully saturated rings. The van der Waals surface area contributed by atoms with E-state index in [0.29, 0.717) is 17.8 Å². The highest BCUT2D eigenvalue weighted by Crippen LogP contribution is 2.20. The summed E-state index contributed by atoms with van der Waals surface area (Å²) in [5, 5.41) is 2.26. The van der Waals surface area contributed by atoms with Gasteiger partial charge >= 0.3 is 0 Å². The molecular formula is C14H20N4O3. The monoisotopic (exact) mass is 292 g/mol. The topological polar surface area (TPSA) is 97.4 Å². The molecule has 0 aromatic carbocycles. The lowest BCUT2D eigenvalue weighted by atomic mass is 10.1. The molecule has 0 aliphatic carbocycles. The highest BCUT2D eigenvalue weighted by Gasteiger charge is 2.37. The van der Waals surface area contributed by atoms with Crippen molar-refractivity contribution in [3.8, 4) is 0 Å². The van der Waals surface area contributed by atoms with E-state index < -0.39 is 17.9 Å². The number of hydrogen-bond acceptors (Lipinski definition) is 4. The van der Waals surface area contributed by atoms with Crippen LogP contribution in [-0.4, -0.2) is 39.8 Å². The second kappa shape index (κ2) is 5.59. The zero-order chi connectivity index (χ0) is 15.7. The fourth-order valence-corrected chi connectivity index (χ4v) is 2.53. The van der Waals surface area contributed by atoms with Crippen LogP contribution in [0, 0.1) is 0 Å². The average molecular weight is 292 g/mol. The van der Waals surface area contributed by atoms with Gasteiger partial charge in [0.1, 0.15) is 18.3 Å². The maximum atomic E-state index is 12.7. The Bertz CT molecular complexity index is 591. The van der Waals surface area contributed by atoms with Gasteiger partial charge in [-0.2, -0.15) is 0 Å². The predicted octanol–water partition coefficient (Wildman–Crippen LogP) is 0.528. The van der Waals surface area contributed by atoms with Crippen LogP contribution < -0.4 is 11.1 Å². The van der Waals surface area contributed by atoms with Gasteiger partial charge in [0.2, 0.25) is 11.8 Å². The summed E-state index contributed by atoms with van der Waals surface area (Å²) in [6.07, 6.45) is 2.13. The summed E-state index contributed by atoms with van der Waals surface area (Å²) in [4.78, 5) is 37.4. The standard InChI is InChI=1S/C14H20N4O3/c1-4-10-13(20)16-12(19)7-18(10)14(21)11-5-9(15)6-17(11)8(2)3/h5-6,8,10H,4,7,15H2,1-3H3,(H,16,19,20). The Hall–Kier alpha value is -2.31. The molecule has 0 radical (unpaired) electrons. The van der Waals surface area contributed by atoms with Crippen LogP contribution in [0.25, 0.3) is 0 Å². The van der Waals surface area contributed by atoms with Gasteiger partial charge in [0.25, 0.3) is 5.91 Å². The van der Waals surface area contributed by atoms with Crippen LogP contribution in [0.2, 0.25) is 0 Å². The average Bonchev–Trinajstić information content (AvgIpc) is 2.79. The number of nitrogens with two attached hydrogens (primary N) is 1. The van der Waals surface area contributed by atoms with Crippen molar-refractivity contribution in [3.63, 3.8) is 0 Å². The van der Waals surface area contributed by atoms with Gasteiger partial charge < -0.3 is 15.2 Å². The lowest BCUT2D eigenvalue weighted by molar-refractivity contribution is -0.138. The van der Waals surface area contributed by atoms with Crippen LogP contribution in [0.5, 0.6) is 0 Å². The molecule has 1 atom stereocenters. The number of aromatic nitrogens is 1. The number of amides is 3. The smallest absolute Gasteiger partial charge is 0.271 e. The number of hydrogen-bond donors (Lipinski definition) is 2. The van der Waals surface area contributed by atoms with Crippen molar-refractivity contribution in [3.05, 3.63) is 18.0 Å². The number of nitrogens with one attached hydrogen (secondary N) is 1. The van der Waals surface area contributed by atoms with Crippen molar-refractivity contribution in [1.82, 2.24) is 14.8 Å². The second-order valence-electron chi connectivity index (χ2n) is 5.43. The van der Waals surface area contributed by atoms with Crippen LogP contribution in [0.4, 0.5) is 5.69 Å². The summed E-state index contributed by atoms with van der Waals surface area (Å²) >= 11 is 0. The minimum Gasteiger partial charge on any atom is -0.397 e. The highest BCUT2D eigenvalue weighted by atomic mass is 16.2. The van der Waals surface area contributed by atoms with E-state index in [1.54, 1.807) is 23.8 Å². The van der Waals surface area contributed by atoms with Gasteiger partial charge in [-0.15, -0.1) is 0 Å². The summed E-state index contributed by atoms with van der Waals surface area (Å²) in [6.45, 7) is 5.55. The van der Waals surface area contributed by atoms with Gasteiger partial charge in [0.05, 0.1) is 5.69 Å². The molecule has 2 rings (SSSR count). The molecule has 7 heteroatoms. The molecular weight excluding hydrogens is 272 g/mol. The first-order valence-corrected chi connectivity index (χ1v) is 6.97. The summed E-state index contributed by atoms with van der Waals surface area (Å²) in [5.74, 6) is -1.25. The third-order valence-electron chi connectivity index (χ3n) is 3.55. The molecule has 3 N–H and O–H groups in total. The quantitative estimate of drug-likeness (QED) is 0.794. The van der Waals surface area contributed by atoms with Gasteiger partial charge in [0, 0.05) is 12.2 Å². The molecule has 0 spiro atoms. The number of imide groups is 1. The van der Waals surface area contributed by atoms with E-state index in [9.17, 15) is 14.4 Å². The van der Waals surface area contributed by atoms with E-state index >= 15 is 0 Å². The number of nitrogen functional groups attached to an aromatic ring is 1.